The second kappa shape index (κ2) is 11.0. The number of benzene rings is 2. The molecule has 0 aromatic heterocycles. The highest BCUT2D eigenvalue weighted by Gasteiger charge is 2.23. The highest BCUT2D eigenvalue weighted by Crippen LogP contribution is 2.37. The minimum Gasteiger partial charge on any atom is -0.491 e. The molecule has 0 radical (unpaired) electrons. The van der Waals surface area contributed by atoms with E-state index in [1.807, 2.05) is 32.0 Å². The Morgan fingerprint density at radius 2 is 2.00 bits per heavy atom. The molecule has 6 nitrogen and oxygen atoms in total. The zero-order valence-corrected chi connectivity index (χ0v) is 19.0. The summed E-state index contributed by atoms with van der Waals surface area (Å²) in [6.07, 6.45) is 2.63. The number of aryl methyl sites for hydroxylation is 1. The molecule has 1 fully saturated rings. The average molecular weight is 439 g/mol. The van der Waals surface area contributed by atoms with Gasteiger partial charge in [0, 0.05) is 5.92 Å². The average Bonchev–Trinajstić information content (AvgIpc) is 2.80. The second-order valence-corrected chi connectivity index (χ2v) is 7.86. The van der Waals surface area contributed by atoms with Crippen molar-refractivity contribution in [1.29, 1.82) is 0 Å². The number of hydrogen-bond acceptors (Lipinski definition) is 5. The molecule has 1 aliphatic rings. The number of carbonyl (C=O) groups excluding carboxylic acids is 1. The molecule has 0 aliphatic carbocycles. The van der Waals surface area contributed by atoms with Crippen molar-refractivity contribution in [2.24, 2.45) is 15.9 Å². The second-order valence-electron chi connectivity index (χ2n) is 7.86. The molecule has 3 rings (SSSR count). The van der Waals surface area contributed by atoms with Crippen LogP contribution in [0.15, 0.2) is 40.3 Å². The van der Waals surface area contributed by atoms with Gasteiger partial charge in [-0.2, -0.15) is 0 Å². The lowest BCUT2D eigenvalue weighted by molar-refractivity contribution is -0.108. The first-order chi connectivity index (χ1) is 15.5. The maximum Gasteiger partial charge on any atom is 0.212 e. The Hall–Kier alpha value is -3.06. The Morgan fingerprint density at radius 3 is 2.59 bits per heavy atom. The van der Waals surface area contributed by atoms with Crippen molar-refractivity contribution in [3.63, 3.8) is 0 Å². The number of hydrogen-bond donors (Lipinski definition) is 1. The summed E-state index contributed by atoms with van der Waals surface area (Å²) in [6.45, 7) is 12.8. The zero-order valence-electron chi connectivity index (χ0n) is 19.0. The Morgan fingerprint density at radius 1 is 1.25 bits per heavy atom. The van der Waals surface area contributed by atoms with Crippen LogP contribution in [-0.2, 0) is 4.79 Å². The number of amidine groups is 1. The van der Waals surface area contributed by atoms with Gasteiger partial charge >= 0.3 is 0 Å². The van der Waals surface area contributed by atoms with Gasteiger partial charge in [-0.15, -0.1) is 0 Å². The number of carbonyl (C=O) groups is 1. The van der Waals surface area contributed by atoms with Crippen LogP contribution in [0.25, 0.3) is 11.1 Å². The van der Waals surface area contributed by atoms with Gasteiger partial charge in [0.1, 0.15) is 17.3 Å². The van der Waals surface area contributed by atoms with Crippen LogP contribution in [0.3, 0.4) is 0 Å². The molecule has 1 amide bonds. The van der Waals surface area contributed by atoms with Gasteiger partial charge in [-0.3, -0.25) is 9.79 Å². The minimum atomic E-state index is -0.475. The number of likely N-dealkylation sites (tertiary alicyclic amines) is 1. The Balaban J connectivity index is 1.90. The smallest absolute Gasteiger partial charge is 0.212 e. The van der Waals surface area contributed by atoms with Gasteiger partial charge in [-0.25, -0.2) is 9.38 Å². The largest absolute Gasteiger partial charge is 0.491 e. The number of piperidine rings is 1. The SMILES string of the molecule is C=Nc1c(F)cc(-c2ccc(/N=C(\NC=O)C3CCN(CC)CC3)c(C)c2)cc1OCC. The van der Waals surface area contributed by atoms with E-state index in [2.05, 4.69) is 28.9 Å². The highest BCUT2D eigenvalue weighted by molar-refractivity contribution is 5.94. The number of aliphatic imine (C=N–C) groups is 2. The number of amides is 1. The van der Waals surface area contributed by atoms with Crippen LogP contribution in [0.4, 0.5) is 15.8 Å². The molecule has 0 bridgehead atoms. The van der Waals surface area contributed by atoms with Gasteiger partial charge in [0.25, 0.3) is 0 Å². The van der Waals surface area contributed by atoms with Crippen LogP contribution in [0.5, 0.6) is 5.75 Å². The third-order valence-electron chi connectivity index (χ3n) is 5.89. The molecule has 1 heterocycles. The number of ether oxygens (including phenoxy) is 1. The van der Waals surface area contributed by atoms with Crippen LogP contribution in [0.1, 0.15) is 32.3 Å². The summed E-state index contributed by atoms with van der Waals surface area (Å²) in [5.74, 6) is 0.825. The minimum absolute atomic E-state index is 0.118. The van der Waals surface area contributed by atoms with Gasteiger partial charge in [-0.1, -0.05) is 13.0 Å². The van der Waals surface area contributed by atoms with Crippen molar-refractivity contribution < 1.29 is 13.9 Å². The van der Waals surface area contributed by atoms with E-state index in [0.29, 0.717) is 30.2 Å². The molecule has 0 unspecified atom stereocenters. The first-order valence-electron chi connectivity index (χ1n) is 11.1. The van der Waals surface area contributed by atoms with E-state index in [4.69, 9.17) is 9.73 Å². The first kappa shape index (κ1) is 23.6. The molecule has 0 saturated carbocycles. The fraction of sp³-hybridized carbons (Fsp3) is 0.400. The Kier molecular flexibility index (Phi) is 8.11. The lowest BCUT2D eigenvalue weighted by Crippen LogP contribution is -2.40. The fourth-order valence-corrected chi connectivity index (χ4v) is 4.07. The van der Waals surface area contributed by atoms with Crippen molar-refractivity contribution in [2.75, 3.05) is 26.2 Å². The summed E-state index contributed by atoms with van der Waals surface area (Å²) < 4.78 is 20.1. The van der Waals surface area contributed by atoms with E-state index in [1.54, 1.807) is 6.07 Å². The normalized spacial score (nSPS) is 15.4. The van der Waals surface area contributed by atoms with Crippen LogP contribution >= 0.6 is 0 Å². The third-order valence-corrected chi connectivity index (χ3v) is 5.89. The Labute approximate surface area is 189 Å². The first-order valence-corrected chi connectivity index (χ1v) is 11.1. The third kappa shape index (κ3) is 5.40. The van der Waals surface area contributed by atoms with E-state index >= 15 is 0 Å². The highest BCUT2D eigenvalue weighted by atomic mass is 19.1. The van der Waals surface area contributed by atoms with Crippen molar-refractivity contribution in [2.45, 2.75) is 33.6 Å². The molecule has 1 saturated heterocycles. The molecule has 1 N–H and O–H groups in total. The Bertz CT molecular complexity index is 998. The van der Waals surface area contributed by atoms with Crippen LogP contribution < -0.4 is 10.1 Å². The maximum atomic E-state index is 14.5. The number of halogens is 1. The van der Waals surface area contributed by atoms with Crippen molar-refractivity contribution >= 4 is 30.3 Å². The number of nitrogens with one attached hydrogen (secondary N) is 1. The van der Waals surface area contributed by atoms with Crippen LogP contribution in [0.2, 0.25) is 0 Å². The molecule has 2 aromatic carbocycles. The van der Waals surface area contributed by atoms with Crippen LogP contribution in [-0.4, -0.2) is 50.1 Å². The van der Waals surface area contributed by atoms with E-state index < -0.39 is 5.82 Å². The maximum absolute atomic E-state index is 14.5. The number of rotatable bonds is 8. The lowest BCUT2D eigenvalue weighted by atomic mass is 9.95. The molecule has 7 heteroatoms. The monoisotopic (exact) mass is 438 g/mol. The summed E-state index contributed by atoms with van der Waals surface area (Å²) in [6, 6.07) is 8.97. The predicted octanol–water partition coefficient (Wildman–Crippen LogP) is 5.04. The zero-order chi connectivity index (χ0) is 23.1. The van der Waals surface area contributed by atoms with Gasteiger partial charge in [0.05, 0.1) is 12.3 Å². The summed E-state index contributed by atoms with van der Waals surface area (Å²) in [5, 5.41) is 2.82. The summed E-state index contributed by atoms with van der Waals surface area (Å²) in [7, 11) is 0. The summed E-state index contributed by atoms with van der Waals surface area (Å²) in [4.78, 5) is 22.1. The summed E-state index contributed by atoms with van der Waals surface area (Å²) >= 11 is 0. The van der Waals surface area contributed by atoms with Crippen molar-refractivity contribution in [1.82, 2.24) is 10.2 Å². The van der Waals surface area contributed by atoms with Gasteiger partial charge < -0.3 is 15.0 Å². The van der Waals surface area contributed by atoms with Gasteiger partial charge in [0.2, 0.25) is 6.41 Å². The molecular weight excluding hydrogens is 407 g/mol. The molecular formula is C25H31FN4O2. The molecule has 0 spiro atoms. The number of nitrogens with zero attached hydrogens (tertiary/aromatic N) is 3. The van der Waals surface area contributed by atoms with E-state index in [0.717, 1.165) is 49.3 Å². The van der Waals surface area contributed by atoms with E-state index in [9.17, 15) is 9.18 Å². The standard InChI is InChI=1S/C25H31FN4O2/c1-5-30-11-9-18(10-12-30)25(28-16-31)29-22-8-7-19(13-17(22)3)20-14-21(26)24(27-4)23(15-20)32-6-2/h7-8,13-16,18H,4-6,9-12H2,1-3H3,(H,28,29,31). The topological polar surface area (TPSA) is 66.3 Å². The molecule has 2 aromatic rings. The van der Waals surface area contributed by atoms with Gasteiger partial charge in [-0.05, 0) is 94.0 Å². The van der Waals surface area contributed by atoms with Gasteiger partial charge in [0.15, 0.2) is 5.82 Å². The lowest BCUT2D eigenvalue weighted by Gasteiger charge is -2.31. The van der Waals surface area contributed by atoms with E-state index in [-0.39, 0.29) is 11.6 Å². The van der Waals surface area contributed by atoms with E-state index in [1.165, 1.54) is 6.07 Å². The molecule has 1 aliphatic heterocycles. The summed E-state index contributed by atoms with van der Waals surface area (Å²) in [5.41, 5.74) is 3.37. The molecule has 32 heavy (non-hydrogen) atoms. The van der Waals surface area contributed by atoms with Crippen molar-refractivity contribution in [3.05, 3.63) is 41.7 Å². The van der Waals surface area contributed by atoms with Crippen molar-refractivity contribution in [3.8, 4) is 16.9 Å². The molecule has 0 atom stereocenters. The van der Waals surface area contributed by atoms with Crippen LogP contribution in [0, 0.1) is 18.7 Å². The fourth-order valence-electron chi connectivity index (χ4n) is 4.07. The predicted molar refractivity (Wildman–Crippen MR) is 128 cm³/mol. The molecule has 170 valence electrons. The quantitative estimate of drug-likeness (QED) is 0.357.